The van der Waals surface area contributed by atoms with Gasteiger partial charge in [-0.05, 0) is 25.5 Å². The van der Waals surface area contributed by atoms with Crippen molar-refractivity contribution in [2.24, 2.45) is 5.92 Å². The van der Waals surface area contributed by atoms with Gasteiger partial charge in [-0.25, -0.2) is 0 Å². The number of nitrogens with one attached hydrogen (secondary N) is 1. The summed E-state index contributed by atoms with van der Waals surface area (Å²) in [6, 6.07) is 7.38. The molecule has 30 heavy (non-hydrogen) atoms. The van der Waals surface area contributed by atoms with Crippen LogP contribution in [0.1, 0.15) is 23.9 Å². The highest BCUT2D eigenvalue weighted by molar-refractivity contribution is 6.33. The van der Waals surface area contributed by atoms with Crippen LogP contribution in [-0.4, -0.2) is 30.4 Å². The molecule has 158 valence electrons. The first-order chi connectivity index (χ1) is 14.2. The fourth-order valence-electron chi connectivity index (χ4n) is 3.08. The normalized spacial score (nSPS) is 12.0. The molecule has 0 saturated heterocycles. The van der Waals surface area contributed by atoms with Crippen molar-refractivity contribution in [1.82, 2.24) is 19.6 Å². The lowest BCUT2D eigenvalue weighted by atomic mass is 10.1. The highest BCUT2D eigenvalue weighted by Gasteiger charge is 2.24. The van der Waals surface area contributed by atoms with Crippen LogP contribution in [0.2, 0.25) is 10.0 Å². The van der Waals surface area contributed by atoms with E-state index in [-0.39, 0.29) is 24.0 Å². The second kappa shape index (κ2) is 8.85. The summed E-state index contributed by atoms with van der Waals surface area (Å²) in [4.78, 5) is 23.3. The van der Waals surface area contributed by atoms with Crippen molar-refractivity contribution < 1.29 is 9.72 Å². The van der Waals surface area contributed by atoms with E-state index in [4.69, 9.17) is 23.2 Å². The lowest BCUT2D eigenvalue weighted by Gasteiger charge is -2.12. The van der Waals surface area contributed by atoms with Crippen molar-refractivity contribution in [3.8, 4) is 0 Å². The second-order valence-corrected chi connectivity index (χ2v) is 7.78. The minimum Gasteiger partial charge on any atom is -0.308 e. The number of aromatic nitrogens is 4. The number of carbonyl (C=O) groups is 1. The molecule has 0 spiro atoms. The van der Waals surface area contributed by atoms with Gasteiger partial charge in [0.25, 0.3) is 0 Å². The maximum atomic E-state index is 12.6. The summed E-state index contributed by atoms with van der Waals surface area (Å²) < 4.78 is 3.06. The molecule has 0 saturated carbocycles. The van der Waals surface area contributed by atoms with E-state index in [1.165, 1.54) is 4.68 Å². The van der Waals surface area contributed by atoms with Crippen LogP contribution in [0.15, 0.2) is 30.5 Å². The van der Waals surface area contributed by atoms with Crippen molar-refractivity contribution in [2.75, 3.05) is 5.32 Å². The maximum absolute atomic E-state index is 12.6. The van der Waals surface area contributed by atoms with Gasteiger partial charge < -0.3 is 5.32 Å². The van der Waals surface area contributed by atoms with E-state index in [1.54, 1.807) is 37.7 Å². The fraction of sp³-hybridized carbons (Fsp3) is 0.316. The summed E-state index contributed by atoms with van der Waals surface area (Å²) >= 11 is 12.4. The molecule has 0 fully saturated rings. The predicted molar refractivity (Wildman–Crippen MR) is 114 cm³/mol. The summed E-state index contributed by atoms with van der Waals surface area (Å²) in [5, 5.41) is 23.3. The largest absolute Gasteiger partial charge is 0.312 e. The molecule has 1 N–H and O–H groups in total. The monoisotopic (exact) mass is 450 g/mol. The average Bonchev–Trinajstić information content (AvgIpc) is 3.15. The molecule has 0 aliphatic heterocycles. The molecular weight excluding hydrogens is 431 g/mol. The number of hydrogen-bond donors (Lipinski definition) is 1. The van der Waals surface area contributed by atoms with Gasteiger partial charge >= 0.3 is 5.69 Å². The molecule has 1 aromatic carbocycles. The van der Waals surface area contributed by atoms with Gasteiger partial charge in [-0.15, -0.1) is 0 Å². The van der Waals surface area contributed by atoms with E-state index in [0.29, 0.717) is 28.0 Å². The van der Waals surface area contributed by atoms with Gasteiger partial charge in [0.2, 0.25) is 5.91 Å². The SMILES string of the molecule is Cc1nn(CC(C)C(=O)Nc2nn(Cc3ccccc3Cl)cc2Cl)c(C)c1[N+](=O)[O-]. The van der Waals surface area contributed by atoms with Gasteiger partial charge in [-0.3, -0.25) is 24.3 Å². The number of amides is 1. The fourth-order valence-corrected chi connectivity index (χ4v) is 3.47. The first-order valence-corrected chi connectivity index (χ1v) is 9.88. The second-order valence-electron chi connectivity index (χ2n) is 6.96. The minimum atomic E-state index is -0.521. The van der Waals surface area contributed by atoms with E-state index in [2.05, 4.69) is 15.5 Å². The van der Waals surface area contributed by atoms with Crippen molar-refractivity contribution in [1.29, 1.82) is 0 Å². The molecular formula is C19H20Cl2N6O3. The molecule has 1 unspecified atom stereocenters. The minimum absolute atomic E-state index is 0.0380. The van der Waals surface area contributed by atoms with Gasteiger partial charge in [-0.2, -0.15) is 10.2 Å². The average molecular weight is 451 g/mol. The number of rotatable bonds is 7. The van der Waals surface area contributed by atoms with Crippen molar-refractivity contribution in [2.45, 2.75) is 33.9 Å². The number of aryl methyl sites for hydroxylation is 1. The number of nitrogens with zero attached hydrogens (tertiary/aromatic N) is 5. The Hall–Kier alpha value is -2.91. The Labute approximate surface area is 182 Å². The number of benzene rings is 1. The van der Waals surface area contributed by atoms with Crippen LogP contribution < -0.4 is 5.32 Å². The third-order valence-electron chi connectivity index (χ3n) is 4.67. The third kappa shape index (κ3) is 4.63. The van der Waals surface area contributed by atoms with Crippen molar-refractivity contribution in [3.63, 3.8) is 0 Å². The highest BCUT2D eigenvalue weighted by Crippen LogP contribution is 2.24. The first kappa shape index (κ1) is 21.8. The molecule has 3 aromatic rings. The summed E-state index contributed by atoms with van der Waals surface area (Å²) in [5.41, 5.74) is 1.55. The molecule has 1 amide bonds. The lowest BCUT2D eigenvalue weighted by molar-refractivity contribution is -0.386. The van der Waals surface area contributed by atoms with Gasteiger partial charge in [0.15, 0.2) is 5.82 Å². The Bertz CT molecular complexity index is 1110. The summed E-state index contributed by atoms with van der Waals surface area (Å²) in [7, 11) is 0. The molecule has 3 rings (SSSR count). The molecule has 0 aliphatic rings. The molecule has 0 aliphatic carbocycles. The summed E-state index contributed by atoms with van der Waals surface area (Å²) in [5.74, 6) is -0.609. The van der Waals surface area contributed by atoms with Crippen LogP contribution in [0, 0.1) is 29.9 Å². The van der Waals surface area contributed by atoms with Crippen LogP contribution in [0.3, 0.4) is 0 Å². The quantitative estimate of drug-likeness (QED) is 0.427. The molecule has 1 atom stereocenters. The van der Waals surface area contributed by atoms with Crippen molar-refractivity contribution >= 4 is 40.6 Å². The number of nitro groups is 1. The molecule has 2 aromatic heterocycles. The zero-order valence-corrected chi connectivity index (χ0v) is 18.1. The maximum Gasteiger partial charge on any atom is 0.312 e. The standard InChI is InChI=1S/C19H20Cl2N6O3/c1-11(8-26-13(3)17(27(29)30)12(2)23-26)19(28)22-18-16(21)10-25(24-18)9-14-6-4-5-7-15(14)20/h4-7,10-11H,8-9H2,1-3H3,(H,22,24,28). The Morgan fingerprint density at radius 1 is 1.23 bits per heavy atom. The number of halogens is 2. The topological polar surface area (TPSA) is 108 Å². The van der Waals surface area contributed by atoms with Gasteiger partial charge in [0.05, 0.1) is 23.9 Å². The van der Waals surface area contributed by atoms with Gasteiger partial charge in [0, 0.05) is 11.2 Å². The number of carbonyl (C=O) groups excluding carboxylic acids is 1. The first-order valence-electron chi connectivity index (χ1n) is 9.13. The molecule has 11 heteroatoms. The Balaban J connectivity index is 1.69. The third-order valence-corrected chi connectivity index (χ3v) is 5.31. The van der Waals surface area contributed by atoms with Crippen LogP contribution in [0.4, 0.5) is 11.5 Å². The van der Waals surface area contributed by atoms with Gasteiger partial charge in [0.1, 0.15) is 16.4 Å². The highest BCUT2D eigenvalue weighted by atomic mass is 35.5. The Morgan fingerprint density at radius 2 is 1.93 bits per heavy atom. The Morgan fingerprint density at radius 3 is 2.57 bits per heavy atom. The number of anilines is 1. The molecule has 0 radical (unpaired) electrons. The van der Waals surface area contributed by atoms with E-state index < -0.39 is 10.8 Å². The Kier molecular flexibility index (Phi) is 6.42. The molecule has 2 heterocycles. The smallest absolute Gasteiger partial charge is 0.308 e. The van der Waals surface area contributed by atoms with E-state index in [9.17, 15) is 14.9 Å². The molecule has 9 nitrogen and oxygen atoms in total. The van der Waals surface area contributed by atoms with Crippen LogP contribution in [-0.2, 0) is 17.9 Å². The zero-order valence-electron chi connectivity index (χ0n) is 16.6. The summed E-state index contributed by atoms with van der Waals surface area (Å²) in [6.07, 6.45) is 1.61. The van der Waals surface area contributed by atoms with E-state index in [0.717, 1.165) is 5.56 Å². The van der Waals surface area contributed by atoms with Crippen molar-refractivity contribution in [3.05, 3.63) is 67.6 Å². The van der Waals surface area contributed by atoms with E-state index in [1.807, 2.05) is 18.2 Å². The van der Waals surface area contributed by atoms with E-state index >= 15 is 0 Å². The lowest BCUT2D eigenvalue weighted by Crippen LogP contribution is -2.25. The van der Waals surface area contributed by atoms with Crippen LogP contribution in [0.25, 0.3) is 0 Å². The van der Waals surface area contributed by atoms with Gasteiger partial charge in [-0.1, -0.05) is 48.3 Å². The zero-order chi connectivity index (χ0) is 22.0. The molecule has 0 bridgehead atoms. The van der Waals surface area contributed by atoms with Crippen LogP contribution in [0.5, 0.6) is 0 Å². The number of hydrogen-bond acceptors (Lipinski definition) is 5. The predicted octanol–water partition coefficient (Wildman–Crippen LogP) is 4.23. The summed E-state index contributed by atoms with van der Waals surface area (Å²) in [6.45, 7) is 5.46. The van der Waals surface area contributed by atoms with Crippen LogP contribution >= 0.6 is 23.2 Å².